The van der Waals surface area contributed by atoms with E-state index in [0.717, 1.165) is 19.3 Å². The third kappa shape index (κ3) is 4.21. The molecule has 1 aliphatic carbocycles. The van der Waals surface area contributed by atoms with E-state index in [4.69, 9.17) is 5.73 Å². The first-order chi connectivity index (χ1) is 8.10. The summed E-state index contributed by atoms with van der Waals surface area (Å²) in [6.07, 6.45) is 5.23. The second-order valence-corrected chi connectivity index (χ2v) is 4.71. The Balaban J connectivity index is 2.72. The highest BCUT2D eigenvalue weighted by Crippen LogP contribution is 2.38. The van der Waals surface area contributed by atoms with Gasteiger partial charge in [0.25, 0.3) is 0 Å². The fourth-order valence-corrected chi connectivity index (χ4v) is 2.13. The second-order valence-electron chi connectivity index (χ2n) is 4.71. The Morgan fingerprint density at radius 3 is 2.53 bits per heavy atom. The van der Waals surface area contributed by atoms with Crippen molar-refractivity contribution in [2.45, 2.75) is 32.6 Å². The lowest BCUT2D eigenvalue weighted by atomic mass is 9.84. The fraction of sp³-hybridized carbons (Fsp3) is 0.692. The highest BCUT2D eigenvalue weighted by molar-refractivity contribution is 5.87. The summed E-state index contributed by atoms with van der Waals surface area (Å²) in [5.41, 5.74) is 5.39. The van der Waals surface area contributed by atoms with Crippen LogP contribution in [0, 0.1) is 17.8 Å². The molecule has 0 aromatic heterocycles. The molecule has 0 aliphatic heterocycles. The molecule has 96 valence electrons. The minimum Gasteiger partial charge on any atom is -0.369 e. The number of carbonyl (C=O) groups is 2. The molecule has 1 fully saturated rings. The maximum Gasteiger partial charge on any atom is 0.223 e. The molecule has 3 N–H and O–H groups in total. The van der Waals surface area contributed by atoms with Crippen molar-refractivity contribution in [2.24, 2.45) is 23.5 Å². The van der Waals surface area contributed by atoms with E-state index in [-0.39, 0.29) is 11.8 Å². The molecule has 1 saturated carbocycles. The molecule has 0 radical (unpaired) electrons. The van der Waals surface area contributed by atoms with Gasteiger partial charge < -0.3 is 11.1 Å². The van der Waals surface area contributed by atoms with Gasteiger partial charge in [0.15, 0.2) is 0 Å². The second kappa shape index (κ2) is 6.42. The van der Waals surface area contributed by atoms with Gasteiger partial charge in [-0.15, -0.1) is 6.58 Å². The normalized spacial score (nSPS) is 18.2. The van der Waals surface area contributed by atoms with Crippen LogP contribution in [0.25, 0.3) is 0 Å². The minimum absolute atomic E-state index is 0.0509. The SMILES string of the molecule is C=CC[C@H](C(N)=O)C(CC1CC1)C(=O)NCC. The van der Waals surface area contributed by atoms with Crippen molar-refractivity contribution in [3.8, 4) is 0 Å². The van der Waals surface area contributed by atoms with Crippen LogP contribution in [-0.4, -0.2) is 18.4 Å². The Kier molecular flexibility index (Phi) is 5.19. The van der Waals surface area contributed by atoms with Gasteiger partial charge >= 0.3 is 0 Å². The smallest absolute Gasteiger partial charge is 0.223 e. The van der Waals surface area contributed by atoms with Crippen molar-refractivity contribution in [3.05, 3.63) is 12.7 Å². The average molecular weight is 238 g/mol. The monoisotopic (exact) mass is 238 g/mol. The van der Waals surface area contributed by atoms with E-state index >= 15 is 0 Å². The molecule has 0 aromatic carbocycles. The van der Waals surface area contributed by atoms with Crippen molar-refractivity contribution in [3.63, 3.8) is 0 Å². The van der Waals surface area contributed by atoms with E-state index in [0.29, 0.717) is 18.9 Å². The first kappa shape index (κ1) is 13.7. The first-order valence-electron chi connectivity index (χ1n) is 6.28. The minimum atomic E-state index is -0.417. The summed E-state index contributed by atoms with van der Waals surface area (Å²) in [4.78, 5) is 23.4. The summed E-state index contributed by atoms with van der Waals surface area (Å²) >= 11 is 0. The maximum atomic E-state index is 12.0. The van der Waals surface area contributed by atoms with Crippen molar-refractivity contribution < 1.29 is 9.59 Å². The van der Waals surface area contributed by atoms with Gasteiger partial charge in [-0.05, 0) is 25.7 Å². The van der Waals surface area contributed by atoms with Gasteiger partial charge in [-0.1, -0.05) is 18.9 Å². The molecule has 1 unspecified atom stereocenters. The van der Waals surface area contributed by atoms with E-state index in [1.165, 1.54) is 0 Å². The lowest BCUT2D eigenvalue weighted by Gasteiger charge is -2.22. The Labute approximate surface area is 103 Å². The summed E-state index contributed by atoms with van der Waals surface area (Å²) < 4.78 is 0. The van der Waals surface area contributed by atoms with Crippen molar-refractivity contribution in [2.75, 3.05) is 6.54 Å². The van der Waals surface area contributed by atoms with Crippen LogP contribution in [0.2, 0.25) is 0 Å². The number of nitrogens with one attached hydrogen (secondary N) is 1. The molecule has 4 heteroatoms. The predicted octanol–water partition coefficient (Wildman–Crippen LogP) is 1.22. The first-order valence-corrected chi connectivity index (χ1v) is 6.28. The zero-order valence-electron chi connectivity index (χ0n) is 10.4. The lowest BCUT2D eigenvalue weighted by molar-refractivity contribution is -0.133. The number of hydrogen-bond acceptors (Lipinski definition) is 2. The number of hydrogen-bond donors (Lipinski definition) is 2. The number of amides is 2. The summed E-state index contributed by atoms with van der Waals surface area (Å²) in [6, 6.07) is 0. The van der Waals surface area contributed by atoms with Crippen LogP contribution in [-0.2, 0) is 9.59 Å². The summed E-state index contributed by atoms with van der Waals surface area (Å²) in [5.74, 6) is -0.571. The molecule has 0 spiro atoms. The number of nitrogens with two attached hydrogens (primary N) is 1. The Hall–Kier alpha value is -1.32. The lowest BCUT2D eigenvalue weighted by Crippen LogP contribution is -2.40. The van der Waals surface area contributed by atoms with Crippen LogP contribution in [0.5, 0.6) is 0 Å². The van der Waals surface area contributed by atoms with E-state index in [1.807, 2.05) is 6.92 Å². The molecule has 2 amide bonds. The Bertz CT molecular complexity index is 298. The molecule has 2 atom stereocenters. The van der Waals surface area contributed by atoms with Crippen molar-refractivity contribution in [1.82, 2.24) is 5.32 Å². The molecule has 0 saturated heterocycles. The van der Waals surface area contributed by atoms with Gasteiger partial charge in [0.1, 0.15) is 0 Å². The Morgan fingerprint density at radius 2 is 2.12 bits per heavy atom. The highest BCUT2D eigenvalue weighted by Gasteiger charge is 2.36. The molecule has 1 rings (SSSR count). The third-order valence-electron chi connectivity index (χ3n) is 3.24. The fourth-order valence-electron chi connectivity index (χ4n) is 2.13. The predicted molar refractivity (Wildman–Crippen MR) is 67.0 cm³/mol. The zero-order chi connectivity index (χ0) is 12.8. The van der Waals surface area contributed by atoms with Crippen molar-refractivity contribution >= 4 is 11.8 Å². The molecule has 0 aromatic rings. The number of allylic oxidation sites excluding steroid dienone is 1. The average Bonchev–Trinajstić information content (AvgIpc) is 3.07. The van der Waals surface area contributed by atoms with E-state index in [1.54, 1.807) is 6.08 Å². The van der Waals surface area contributed by atoms with Gasteiger partial charge in [-0.3, -0.25) is 9.59 Å². The summed E-state index contributed by atoms with van der Waals surface area (Å²) in [6.45, 7) is 6.08. The van der Waals surface area contributed by atoms with E-state index in [9.17, 15) is 9.59 Å². The van der Waals surface area contributed by atoms with Crippen LogP contribution in [0.3, 0.4) is 0 Å². The molecule has 17 heavy (non-hydrogen) atoms. The molecule has 1 aliphatic rings. The maximum absolute atomic E-state index is 12.0. The van der Waals surface area contributed by atoms with Gasteiger partial charge in [-0.25, -0.2) is 0 Å². The quantitative estimate of drug-likeness (QED) is 0.624. The van der Waals surface area contributed by atoms with E-state index in [2.05, 4.69) is 11.9 Å². The van der Waals surface area contributed by atoms with Crippen molar-refractivity contribution in [1.29, 1.82) is 0 Å². The largest absolute Gasteiger partial charge is 0.369 e. The molecule has 0 bridgehead atoms. The topological polar surface area (TPSA) is 72.2 Å². The highest BCUT2D eigenvalue weighted by atomic mass is 16.2. The van der Waals surface area contributed by atoms with Gasteiger partial charge in [0.05, 0.1) is 11.8 Å². The zero-order valence-corrected chi connectivity index (χ0v) is 10.4. The van der Waals surface area contributed by atoms with Gasteiger partial charge in [0, 0.05) is 6.54 Å². The number of primary amides is 1. The number of carbonyl (C=O) groups excluding carboxylic acids is 2. The van der Waals surface area contributed by atoms with Crippen LogP contribution in [0.15, 0.2) is 12.7 Å². The van der Waals surface area contributed by atoms with Crippen LogP contribution >= 0.6 is 0 Å². The van der Waals surface area contributed by atoms with Gasteiger partial charge in [0.2, 0.25) is 11.8 Å². The van der Waals surface area contributed by atoms with Gasteiger partial charge in [-0.2, -0.15) is 0 Å². The Morgan fingerprint density at radius 1 is 1.47 bits per heavy atom. The van der Waals surface area contributed by atoms with Crippen LogP contribution in [0.1, 0.15) is 32.6 Å². The van der Waals surface area contributed by atoms with Crippen LogP contribution < -0.4 is 11.1 Å². The molecule has 0 heterocycles. The molecule has 4 nitrogen and oxygen atoms in total. The molecular formula is C13H22N2O2. The third-order valence-corrected chi connectivity index (χ3v) is 3.24. The van der Waals surface area contributed by atoms with E-state index < -0.39 is 11.8 Å². The molecular weight excluding hydrogens is 216 g/mol. The standard InChI is InChI=1S/C13H22N2O2/c1-3-5-10(12(14)16)11(8-9-6-7-9)13(17)15-4-2/h3,9-11H,1,4-8H2,2H3,(H2,14,16)(H,15,17)/t10-,11?/m0/s1. The van der Waals surface area contributed by atoms with Crippen LogP contribution in [0.4, 0.5) is 0 Å². The summed E-state index contributed by atoms with van der Waals surface area (Å²) in [7, 11) is 0. The number of rotatable bonds is 8. The summed E-state index contributed by atoms with van der Waals surface area (Å²) in [5, 5.41) is 2.79.